The van der Waals surface area contributed by atoms with Gasteiger partial charge in [0.25, 0.3) is 5.56 Å². The van der Waals surface area contributed by atoms with E-state index in [9.17, 15) is 14.7 Å². The van der Waals surface area contributed by atoms with E-state index in [1.807, 2.05) is 29.0 Å². The van der Waals surface area contributed by atoms with E-state index in [-0.39, 0.29) is 6.54 Å². The zero-order valence-electron chi connectivity index (χ0n) is 18.1. The summed E-state index contributed by atoms with van der Waals surface area (Å²) in [5.74, 6) is 0. The van der Waals surface area contributed by atoms with Crippen LogP contribution in [0.1, 0.15) is 31.0 Å². The molecule has 0 bridgehead atoms. The maximum Gasteiger partial charge on any atom is 0.328 e. The lowest BCUT2D eigenvalue weighted by atomic mass is 9.89. The van der Waals surface area contributed by atoms with Crippen LogP contribution in [-0.4, -0.2) is 29.7 Å². The third-order valence-electron chi connectivity index (χ3n) is 5.53. The molecule has 0 fully saturated rings. The predicted octanol–water partition coefficient (Wildman–Crippen LogP) is 3.44. The number of aromatic amines is 1. The van der Waals surface area contributed by atoms with Gasteiger partial charge in [-0.2, -0.15) is 11.3 Å². The molecule has 33 heavy (non-hydrogen) atoms. The molecule has 4 aromatic rings. The van der Waals surface area contributed by atoms with E-state index >= 15 is 0 Å². The van der Waals surface area contributed by atoms with Crippen LogP contribution in [0.4, 0.5) is 0 Å². The van der Waals surface area contributed by atoms with Crippen LogP contribution in [0.5, 0.6) is 0 Å². The number of benzene rings is 1. The van der Waals surface area contributed by atoms with Crippen LogP contribution in [-0.2, 0) is 25.1 Å². The summed E-state index contributed by atoms with van der Waals surface area (Å²) >= 11 is 7.83. The smallest absolute Gasteiger partial charge is 0.328 e. The summed E-state index contributed by atoms with van der Waals surface area (Å²) in [5.41, 5.74) is 1.55. The Labute approximate surface area is 199 Å². The van der Waals surface area contributed by atoms with Crippen molar-refractivity contribution < 1.29 is 5.11 Å². The van der Waals surface area contributed by atoms with Crippen molar-refractivity contribution in [2.24, 2.45) is 0 Å². The quantitative estimate of drug-likeness (QED) is 0.353. The lowest BCUT2D eigenvalue weighted by Crippen LogP contribution is -2.30. The first kappa shape index (κ1) is 23.2. The summed E-state index contributed by atoms with van der Waals surface area (Å²) in [7, 11) is 0. The number of unbranched alkanes of at least 4 members (excludes halogenated alkanes) is 1. The second-order valence-electron chi connectivity index (χ2n) is 8.12. The Balaban J connectivity index is 1.45. The van der Waals surface area contributed by atoms with Crippen molar-refractivity contribution in [3.05, 3.63) is 90.6 Å². The van der Waals surface area contributed by atoms with E-state index in [1.165, 1.54) is 16.8 Å². The summed E-state index contributed by atoms with van der Waals surface area (Å²) < 4.78 is 3.20. The minimum absolute atomic E-state index is 0.237. The Kier molecular flexibility index (Phi) is 6.92. The number of H-pyrrole nitrogens is 1. The lowest BCUT2D eigenvalue weighted by Gasteiger charge is -2.27. The van der Waals surface area contributed by atoms with E-state index in [2.05, 4.69) is 15.3 Å². The monoisotopic (exact) mass is 485 g/mol. The van der Waals surface area contributed by atoms with Gasteiger partial charge in [-0.15, -0.1) is 5.10 Å². The van der Waals surface area contributed by atoms with Crippen LogP contribution >= 0.6 is 22.9 Å². The van der Waals surface area contributed by atoms with Crippen LogP contribution in [0.2, 0.25) is 5.02 Å². The molecule has 8 nitrogen and oxygen atoms in total. The molecule has 2 N–H and O–H groups in total. The molecule has 0 aliphatic heterocycles. The van der Waals surface area contributed by atoms with E-state index in [1.54, 1.807) is 35.2 Å². The second kappa shape index (κ2) is 9.86. The fourth-order valence-corrected chi connectivity index (χ4v) is 4.66. The van der Waals surface area contributed by atoms with Crippen LogP contribution < -0.4 is 11.2 Å². The molecule has 0 aliphatic carbocycles. The van der Waals surface area contributed by atoms with E-state index in [0.717, 1.165) is 35.2 Å². The maximum atomic E-state index is 11.8. The Morgan fingerprint density at radius 3 is 2.82 bits per heavy atom. The Morgan fingerprint density at radius 1 is 1.21 bits per heavy atom. The number of hydrogen-bond donors (Lipinski definition) is 2. The number of nitrogens with zero attached hydrogens (tertiary/aromatic N) is 4. The summed E-state index contributed by atoms with van der Waals surface area (Å²) in [4.78, 5) is 25.2. The minimum Gasteiger partial charge on any atom is -0.383 e. The number of nitrogens with one attached hydrogen (secondary N) is 1. The van der Waals surface area contributed by atoms with Crippen LogP contribution in [0.25, 0.3) is 11.1 Å². The molecule has 3 aromatic heterocycles. The third kappa shape index (κ3) is 5.50. The molecule has 4 rings (SSSR count). The highest BCUT2D eigenvalue weighted by Crippen LogP contribution is 2.36. The standard InChI is InChI=1S/C23H24ClN5O3S/c1-23(32,20-6-5-17(24)12-19(20)16-8-11-33-14-16)15-29-18(13-25-27-29)4-2-3-9-28-10-7-21(30)26-22(28)31/h5-8,10-14,32H,2-4,9,15H2,1H3,(H,26,30,31)/t23-/m1/s1. The average Bonchev–Trinajstić information content (AvgIpc) is 3.44. The number of halogens is 1. The highest BCUT2D eigenvalue weighted by Gasteiger charge is 2.29. The molecule has 0 saturated heterocycles. The summed E-state index contributed by atoms with van der Waals surface area (Å²) in [6.45, 7) is 2.50. The van der Waals surface area contributed by atoms with Crippen molar-refractivity contribution in [1.82, 2.24) is 24.5 Å². The van der Waals surface area contributed by atoms with Crippen molar-refractivity contribution in [2.75, 3.05) is 0 Å². The molecule has 0 unspecified atom stereocenters. The number of rotatable bonds is 9. The van der Waals surface area contributed by atoms with E-state index in [0.29, 0.717) is 18.0 Å². The van der Waals surface area contributed by atoms with Gasteiger partial charge < -0.3 is 9.67 Å². The first-order valence-corrected chi connectivity index (χ1v) is 11.9. The van der Waals surface area contributed by atoms with Gasteiger partial charge in [-0.3, -0.25) is 9.78 Å². The highest BCUT2D eigenvalue weighted by atomic mass is 35.5. The Bertz CT molecular complexity index is 1340. The first-order valence-electron chi connectivity index (χ1n) is 10.6. The fraction of sp³-hybridized carbons (Fsp3) is 0.304. The Hall–Kier alpha value is -3.01. The van der Waals surface area contributed by atoms with Gasteiger partial charge in [0, 0.05) is 23.8 Å². The molecule has 10 heteroatoms. The second-order valence-corrected chi connectivity index (χ2v) is 9.34. The maximum absolute atomic E-state index is 11.8. The van der Waals surface area contributed by atoms with Gasteiger partial charge in [0.15, 0.2) is 0 Å². The molecule has 3 heterocycles. The SMILES string of the molecule is C[C@@](O)(Cn1nncc1CCCCn1ccc(=O)[nH]c1=O)c1ccc(Cl)cc1-c1ccsc1. The molecular formula is C23H24ClN5O3S. The molecule has 1 atom stereocenters. The van der Waals surface area contributed by atoms with Crippen molar-refractivity contribution in [2.45, 2.75) is 44.9 Å². The van der Waals surface area contributed by atoms with Gasteiger partial charge in [-0.25, -0.2) is 9.48 Å². The van der Waals surface area contributed by atoms with Crippen molar-refractivity contribution in [1.29, 1.82) is 0 Å². The third-order valence-corrected chi connectivity index (χ3v) is 6.45. The van der Waals surface area contributed by atoms with Gasteiger partial charge in [-0.1, -0.05) is 22.9 Å². The molecule has 0 radical (unpaired) electrons. The van der Waals surface area contributed by atoms with Gasteiger partial charge in [-0.05, 0) is 71.8 Å². The normalized spacial score (nSPS) is 13.2. The van der Waals surface area contributed by atoms with Crippen LogP contribution in [0.3, 0.4) is 0 Å². The van der Waals surface area contributed by atoms with Crippen molar-refractivity contribution in [3.63, 3.8) is 0 Å². The van der Waals surface area contributed by atoms with Crippen molar-refractivity contribution in [3.8, 4) is 11.1 Å². The van der Waals surface area contributed by atoms with Gasteiger partial charge >= 0.3 is 5.69 Å². The van der Waals surface area contributed by atoms with E-state index in [4.69, 9.17) is 11.6 Å². The topological polar surface area (TPSA) is 106 Å². The predicted molar refractivity (Wildman–Crippen MR) is 129 cm³/mol. The molecular weight excluding hydrogens is 462 g/mol. The molecule has 0 amide bonds. The number of thiophene rings is 1. The number of aryl methyl sites for hydroxylation is 2. The van der Waals surface area contributed by atoms with Crippen LogP contribution in [0, 0.1) is 0 Å². The molecule has 172 valence electrons. The largest absolute Gasteiger partial charge is 0.383 e. The van der Waals surface area contributed by atoms with Crippen LogP contribution in [0.15, 0.2) is 63.1 Å². The Morgan fingerprint density at radius 2 is 2.06 bits per heavy atom. The van der Waals surface area contributed by atoms with E-state index < -0.39 is 16.9 Å². The molecule has 0 spiro atoms. The first-order chi connectivity index (χ1) is 15.8. The molecule has 0 saturated carbocycles. The van der Waals surface area contributed by atoms with Gasteiger partial charge in [0.1, 0.15) is 5.60 Å². The number of hydrogen-bond acceptors (Lipinski definition) is 6. The highest BCUT2D eigenvalue weighted by molar-refractivity contribution is 7.08. The number of aromatic nitrogens is 5. The summed E-state index contributed by atoms with van der Waals surface area (Å²) in [6.07, 6.45) is 5.43. The molecule has 1 aromatic carbocycles. The minimum atomic E-state index is -1.20. The van der Waals surface area contributed by atoms with Gasteiger partial charge in [0.05, 0.1) is 18.4 Å². The lowest BCUT2D eigenvalue weighted by molar-refractivity contribution is 0.0337. The zero-order valence-corrected chi connectivity index (χ0v) is 19.6. The number of aliphatic hydroxyl groups is 1. The molecule has 0 aliphatic rings. The average molecular weight is 486 g/mol. The summed E-state index contributed by atoms with van der Waals surface area (Å²) in [6, 6.07) is 8.85. The fourth-order valence-electron chi connectivity index (χ4n) is 3.83. The zero-order chi connectivity index (χ0) is 23.4. The van der Waals surface area contributed by atoms with Gasteiger partial charge in [0.2, 0.25) is 0 Å². The van der Waals surface area contributed by atoms with Crippen molar-refractivity contribution >= 4 is 22.9 Å². The summed E-state index contributed by atoms with van der Waals surface area (Å²) in [5, 5.41) is 24.3.